The zero-order valence-corrected chi connectivity index (χ0v) is 13.0. The third-order valence-corrected chi connectivity index (χ3v) is 3.58. The van der Waals surface area contributed by atoms with Crippen molar-refractivity contribution in [2.45, 2.75) is 25.6 Å². The van der Waals surface area contributed by atoms with Crippen LogP contribution in [0.1, 0.15) is 18.9 Å². The van der Waals surface area contributed by atoms with Crippen molar-refractivity contribution in [1.29, 1.82) is 0 Å². The highest BCUT2D eigenvalue weighted by Crippen LogP contribution is 2.30. The minimum Gasteiger partial charge on any atom is -0.480 e. The Morgan fingerprint density at radius 1 is 1.17 bits per heavy atom. The van der Waals surface area contributed by atoms with Crippen molar-refractivity contribution in [2.75, 3.05) is 6.54 Å². The second-order valence-electron chi connectivity index (χ2n) is 5.31. The average Bonchev–Trinajstić information content (AvgIpc) is 2.53. The second kappa shape index (κ2) is 7.12. The van der Waals surface area contributed by atoms with E-state index in [0.717, 1.165) is 5.56 Å². The summed E-state index contributed by atoms with van der Waals surface area (Å²) in [7, 11) is 0. The first-order valence-corrected chi connectivity index (χ1v) is 7.36. The summed E-state index contributed by atoms with van der Waals surface area (Å²) in [6, 6.07) is 9.01. The first-order chi connectivity index (χ1) is 11.4. The molecule has 1 aliphatic rings. The van der Waals surface area contributed by atoms with Gasteiger partial charge in [0.05, 0.1) is 6.42 Å². The maximum absolute atomic E-state index is 12.1. The molecule has 128 valence electrons. The standard InChI is InChI=1S/C16H17NO7/c1-2-16(8-10-6-4-3-5-7-10)23-14(21)12(15(22)24-16)13(20)17-9-11(18)19/h3-7,12H,2,8-9H2,1H3,(H,17,20)(H,18,19). The number of aliphatic carboxylic acids is 1. The summed E-state index contributed by atoms with van der Waals surface area (Å²) in [5.41, 5.74) is 0.800. The van der Waals surface area contributed by atoms with Crippen LogP contribution in [0, 0.1) is 5.92 Å². The highest BCUT2D eigenvalue weighted by atomic mass is 16.7. The van der Waals surface area contributed by atoms with Gasteiger partial charge in [-0.3, -0.25) is 19.2 Å². The number of amides is 1. The van der Waals surface area contributed by atoms with E-state index >= 15 is 0 Å². The van der Waals surface area contributed by atoms with Crippen molar-refractivity contribution >= 4 is 23.8 Å². The number of carbonyl (C=O) groups excluding carboxylic acids is 3. The highest BCUT2D eigenvalue weighted by molar-refractivity contribution is 6.15. The first-order valence-electron chi connectivity index (χ1n) is 7.36. The third-order valence-electron chi connectivity index (χ3n) is 3.58. The first kappa shape index (κ1) is 17.5. The van der Waals surface area contributed by atoms with E-state index in [1.54, 1.807) is 31.2 Å². The van der Waals surface area contributed by atoms with Crippen LogP contribution in [0.4, 0.5) is 0 Å². The molecule has 1 amide bonds. The Morgan fingerprint density at radius 3 is 2.25 bits per heavy atom. The van der Waals surface area contributed by atoms with Gasteiger partial charge in [0.1, 0.15) is 6.54 Å². The third kappa shape index (κ3) is 3.89. The van der Waals surface area contributed by atoms with Gasteiger partial charge in [-0.2, -0.15) is 0 Å². The number of esters is 2. The van der Waals surface area contributed by atoms with Gasteiger partial charge in [-0.1, -0.05) is 37.3 Å². The van der Waals surface area contributed by atoms with Gasteiger partial charge in [-0.05, 0) is 5.56 Å². The van der Waals surface area contributed by atoms with E-state index in [0.29, 0.717) is 0 Å². The van der Waals surface area contributed by atoms with Crippen LogP contribution in [0.3, 0.4) is 0 Å². The summed E-state index contributed by atoms with van der Waals surface area (Å²) in [5, 5.41) is 10.5. The van der Waals surface area contributed by atoms with Crippen LogP contribution in [-0.4, -0.2) is 41.3 Å². The Bertz CT molecular complexity index is 638. The molecule has 2 N–H and O–H groups in total. The molecule has 0 radical (unpaired) electrons. The van der Waals surface area contributed by atoms with E-state index in [2.05, 4.69) is 0 Å². The monoisotopic (exact) mass is 335 g/mol. The van der Waals surface area contributed by atoms with Gasteiger partial charge < -0.3 is 19.9 Å². The number of carboxylic acid groups (broad SMARTS) is 1. The molecule has 2 rings (SSSR count). The molecule has 1 aromatic carbocycles. The summed E-state index contributed by atoms with van der Waals surface area (Å²) >= 11 is 0. The van der Waals surface area contributed by atoms with Crippen molar-refractivity contribution < 1.29 is 33.8 Å². The molecule has 0 bridgehead atoms. The molecule has 1 heterocycles. The highest BCUT2D eigenvalue weighted by Gasteiger charge is 2.51. The second-order valence-corrected chi connectivity index (χ2v) is 5.31. The van der Waals surface area contributed by atoms with Crippen LogP contribution in [0.2, 0.25) is 0 Å². The maximum Gasteiger partial charge on any atom is 0.333 e. The lowest BCUT2D eigenvalue weighted by molar-refractivity contribution is -0.251. The largest absolute Gasteiger partial charge is 0.480 e. The normalized spacial score (nSPS) is 23.1. The Labute approximate surface area is 137 Å². The maximum atomic E-state index is 12.1. The van der Waals surface area contributed by atoms with Gasteiger partial charge in [0.25, 0.3) is 5.79 Å². The zero-order valence-electron chi connectivity index (χ0n) is 13.0. The number of cyclic esters (lactones) is 2. The number of benzene rings is 1. The van der Waals surface area contributed by atoms with E-state index < -0.39 is 42.1 Å². The molecule has 0 unspecified atom stereocenters. The number of rotatable bonds is 6. The molecule has 8 heteroatoms. The van der Waals surface area contributed by atoms with Crippen LogP contribution in [0.15, 0.2) is 30.3 Å². The molecule has 0 saturated carbocycles. The van der Waals surface area contributed by atoms with Crippen LogP contribution >= 0.6 is 0 Å². The van der Waals surface area contributed by atoms with Gasteiger partial charge in [-0.25, -0.2) is 0 Å². The Morgan fingerprint density at radius 2 is 1.75 bits per heavy atom. The van der Waals surface area contributed by atoms with E-state index in [-0.39, 0.29) is 12.8 Å². The van der Waals surface area contributed by atoms with Crippen molar-refractivity contribution in [1.82, 2.24) is 5.32 Å². The summed E-state index contributed by atoms with van der Waals surface area (Å²) in [4.78, 5) is 46.5. The van der Waals surface area contributed by atoms with Crippen molar-refractivity contribution in [3.8, 4) is 0 Å². The van der Waals surface area contributed by atoms with Crippen molar-refractivity contribution in [3.05, 3.63) is 35.9 Å². The quantitative estimate of drug-likeness (QED) is 0.565. The molecule has 1 fully saturated rings. The Balaban J connectivity index is 2.12. The number of nitrogens with one attached hydrogen (secondary N) is 1. The lowest BCUT2D eigenvalue weighted by atomic mass is 9.99. The summed E-state index contributed by atoms with van der Waals surface area (Å²) in [6.45, 7) is 0.979. The SMILES string of the molecule is CCC1(Cc2ccccc2)OC(=O)C(C(=O)NCC(=O)O)C(=O)O1. The fourth-order valence-corrected chi connectivity index (χ4v) is 2.33. The predicted octanol–water partition coefficient (Wildman–Crippen LogP) is 0.252. The van der Waals surface area contributed by atoms with Gasteiger partial charge in [0.2, 0.25) is 11.8 Å². The van der Waals surface area contributed by atoms with Crippen molar-refractivity contribution in [2.24, 2.45) is 5.92 Å². The number of carboxylic acids is 1. The number of hydrogen-bond acceptors (Lipinski definition) is 6. The number of ether oxygens (including phenoxy) is 2. The van der Waals surface area contributed by atoms with E-state index in [9.17, 15) is 19.2 Å². The predicted molar refractivity (Wildman–Crippen MR) is 79.5 cm³/mol. The zero-order chi connectivity index (χ0) is 17.7. The molecule has 1 aromatic rings. The van der Waals surface area contributed by atoms with E-state index in [4.69, 9.17) is 14.6 Å². The van der Waals surface area contributed by atoms with E-state index in [1.807, 2.05) is 11.4 Å². The molecule has 0 spiro atoms. The molecular weight excluding hydrogens is 318 g/mol. The number of carbonyl (C=O) groups is 4. The summed E-state index contributed by atoms with van der Waals surface area (Å²) in [5.74, 6) is -7.75. The van der Waals surface area contributed by atoms with Crippen molar-refractivity contribution in [3.63, 3.8) is 0 Å². The summed E-state index contributed by atoms with van der Waals surface area (Å²) in [6.07, 6.45) is 0.369. The minimum absolute atomic E-state index is 0.158. The van der Waals surface area contributed by atoms with Crippen LogP contribution in [0.5, 0.6) is 0 Å². The molecule has 0 atom stereocenters. The molecule has 8 nitrogen and oxygen atoms in total. The lowest BCUT2D eigenvalue weighted by Gasteiger charge is -2.37. The fraction of sp³-hybridized carbons (Fsp3) is 0.375. The Kier molecular flexibility index (Phi) is 5.18. The fourth-order valence-electron chi connectivity index (χ4n) is 2.33. The molecule has 0 aromatic heterocycles. The van der Waals surface area contributed by atoms with Crippen LogP contribution in [0.25, 0.3) is 0 Å². The van der Waals surface area contributed by atoms with Gasteiger partial charge in [-0.15, -0.1) is 0 Å². The van der Waals surface area contributed by atoms with Crippen LogP contribution in [-0.2, 0) is 35.1 Å². The molecule has 1 aliphatic heterocycles. The molecule has 0 aliphatic carbocycles. The average molecular weight is 335 g/mol. The van der Waals surface area contributed by atoms with E-state index in [1.165, 1.54) is 0 Å². The summed E-state index contributed by atoms with van der Waals surface area (Å²) < 4.78 is 10.5. The molecular formula is C16H17NO7. The molecule has 1 saturated heterocycles. The van der Waals surface area contributed by atoms with Gasteiger partial charge in [0.15, 0.2) is 0 Å². The Hall–Kier alpha value is -2.90. The van der Waals surface area contributed by atoms with Crippen LogP contribution < -0.4 is 5.32 Å². The van der Waals surface area contributed by atoms with Gasteiger partial charge >= 0.3 is 17.9 Å². The topological polar surface area (TPSA) is 119 Å². The smallest absolute Gasteiger partial charge is 0.333 e. The van der Waals surface area contributed by atoms with Gasteiger partial charge in [0, 0.05) is 6.42 Å². The lowest BCUT2D eigenvalue weighted by Crippen LogP contribution is -2.55. The minimum atomic E-state index is -1.82. The molecule has 24 heavy (non-hydrogen) atoms. The number of hydrogen-bond donors (Lipinski definition) is 2.